The van der Waals surface area contributed by atoms with E-state index in [4.69, 9.17) is 14.7 Å². The van der Waals surface area contributed by atoms with Crippen LogP contribution in [-0.2, 0) is 15.7 Å². The number of rotatable bonds is 7. The van der Waals surface area contributed by atoms with Crippen LogP contribution in [0.5, 0.6) is 5.75 Å². The van der Waals surface area contributed by atoms with Crippen LogP contribution in [0.4, 0.5) is 18.9 Å². The van der Waals surface area contributed by atoms with Crippen molar-refractivity contribution in [3.8, 4) is 35.0 Å². The molecular formula is C27H24F3N5O3. The Hall–Kier alpha value is -4.32. The number of aromatic nitrogens is 2. The molecule has 0 atom stereocenters. The van der Waals surface area contributed by atoms with Gasteiger partial charge in [0.25, 0.3) is 0 Å². The van der Waals surface area contributed by atoms with E-state index in [0.717, 1.165) is 26.1 Å². The average molecular weight is 524 g/mol. The molecule has 4 rings (SSSR count). The van der Waals surface area contributed by atoms with Crippen molar-refractivity contribution in [3.05, 3.63) is 65.5 Å². The number of hydrogen-bond donors (Lipinski definition) is 2. The van der Waals surface area contributed by atoms with Crippen molar-refractivity contribution in [2.45, 2.75) is 12.6 Å². The summed E-state index contributed by atoms with van der Waals surface area (Å²) in [4.78, 5) is 21.0. The maximum atomic E-state index is 13.0. The molecule has 0 bridgehead atoms. The van der Waals surface area contributed by atoms with Gasteiger partial charge in [0, 0.05) is 36.7 Å². The number of carbonyl (C=O) groups excluding carboxylic acids is 1. The molecule has 1 fully saturated rings. The summed E-state index contributed by atoms with van der Waals surface area (Å²) < 4.78 is 50.3. The molecule has 0 aliphatic carbocycles. The van der Waals surface area contributed by atoms with Crippen LogP contribution in [0, 0.1) is 23.2 Å². The van der Waals surface area contributed by atoms with Crippen molar-refractivity contribution in [2.24, 2.45) is 0 Å². The average Bonchev–Trinajstić information content (AvgIpc) is 3.43. The minimum Gasteiger partial charge on any atom is -0.491 e. The zero-order chi connectivity index (χ0) is 27.0. The number of hydrogen-bond acceptors (Lipinski definition) is 6. The van der Waals surface area contributed by atoms with Crippen LogP contribution in [-0.4, -0.2) is 60.2 Å². The molecular weight excluding hydrogens is 499 g/mol. The topological polar surface area (TPSA) is 103 Å². The number of nitrogens with one attached hydrogen (secondary N) is 2. The number of halogens is 3. The number of anilines is 1. The number of carbonyl (C=O) groups is 1. The monoisotopic (exact) mass is 523 g/mol. The first kappa shape index (κ1) is 26.7. The maximum Gasteiger partial charge on any atom is 0.432 e. The Bertz CT molecular complexity index is 1380. The number of nitriles is 1. The van der Waals surface area contributed by atoms with Gasteiger partial charge in [-0.25, -0.2) is 4.98 Å². The number of H-pyrrole nitrogens is 1. The van der Waals surface area contributed by atoms with Crippen LogP contribution >= 0.6 is 0 Å². The van der Waals surface area contributed by atoms with E-state index in [-0.39, 0.29) is 11.5 Å². The van der Waals surface area contributed by atoms with E-state index in [9.17, 15) is 18.0 Å². The lowest BCUT2D eigenvalue weighted by molar-refractivity contribution is -0.140. The van der Waals surface area contributed by atoms with Crippen molar-refractivity contribution in [3.63, 3.8) is 0 Å². The van der Waals surface area contributed by atoms with Crippen LogP contribution < -0.4 is 10.1 Å². The lowest BCUT2D eigenvalue weighted by atomic mass is 10.1. The Morgan fingerprint density at radius 1 is 1.18 bits per heavy atom. The third kappa shape index (κ3) is 7.35. The van der Waals surface area contributed by atoms with Gasteiger partial charge in [-0.15, -0.1) is 0 Å². The lowest BCUT2D eigenvalue weighted by Crippen LogP contribution is -2.37. The third-order valence-corrected chi connectivity index (χ3v) is 5.67. The fraction of sp³-hybridized carbons (Fsp3) is 0.296. The van der Waals surface area contributed by atoms with Crippen LogP contribution in [0.25, 0.3) is 11.4 Å². The minimum absolute atomic E-state index is 0.00825. The van der Waals surface area contributed by atoms with E-state index < -0.39 is 17.8 Å². The molecule has 2 heterocycles. The second-order valence-electron chi connectivity index (χ2n) is 8.41. The zero-order valence-electron chi connectivity index (χ0n) is 20.3. The van der Waals surface area contributed by atoms with Crippen molar-refractivity contribution >= 4 is 11.6 Å². The summed E-state index contributed by atoms with van der Waals surface area (Å²) in [6.45, 7) is 4.30. The van der Waals surface area contributed by atoms with Crippen LogP contribution in [0.1, 0.15) is 23.2 Å². The number of amides is 1. The number of morpholine rings is 1. The molecule has 0 radical (unpaired) electrons. The molecule has 1 saturated heterocycles. The van der Waals surface area contributed by atoms with Gasteiger partial charge in [0.05, 0.1) is 43.3 Å². The van der Waals surface area contributed by atoms with Crippen molar-refractivity contribution in [1.29, 1.82) is 5.26 Å². The molecule has 0 unspecified atom stereocenters. The Morgan fingerprint density at radius 2 is 1.97 bits per heavy atom. The molecule has 2 N–H and O–H groups in total. The van der Waals surface area contributed by atoms with Gasteiger partial charge in [-0.2, -0.15) is 18.4 Å². The Kier molecular flexibility index (Phi) is 8.64. The van der Waals surface area contributed by atoms with Crippen LogP contribution in [0.15, 0.2) is 48.7 Å². The fourth-order valence-electron chi connectivity index (χ4n) is 3.76. The predicted octanol–water partition coefficient (Wildman–Crippen LogP) is 4.06. The van der Waals surface area contributed by atoms with Gasteiger partial charge in [0.2, 0.25) is 0 Å². The second-order valence-corrected chi connectivity index (χ2v) is 8.41. The summed E-state index contributed by atoms with van der Waals surface area (Å²) in [6, 6.07) is 13.1. The molecule has 196 valence electrons. The highest BCUT2D eigenvalue weighted by Crippen LogP contribution is 2.33. The van der Waals surface area contributed by atoms with Gasteiger partial charge in [-0.3, -0.25) is 9.69 Å². The van der Waals surface area contributed by atoms with Gasteiger partial charge in [-0.1, -0.05) is 12.0 Å². The molecule has 1 aromatic heterocycles. The minimum atomic E-state index is -4.57. The SMILES string of the molecule is N#Cc1cccc(C#CC(=O)Nc2cc(-c3ncc(C(F)(F)F)[nH]3)ccc2OCCCN2CCOCC2)c1. The highest BCUT2D eigenvalue weighted by molar-refractivity contribution is 6.05. The molecule has 0 saturated carbocycles. The van der Waals surface area contributed by atoms with Crippen molar-refractivity contribution in [1.82, 2.24) is 14.9 Å². The number of benzene rings is 2. The van der Waals surface area contributed by atoms with E-state index in [1.807, 2.05) is 6.07 Å². The van der Waals surface area contributed by atoms with E-state index in [1.54, 1.807) is 36.4 Å². The number of nitrogens with zero attached hydrogens (tertiary/aromatic N) is 3. The molecule has 3 aromatic rings. The summed E-state index contributed by atoms with van der Waals surface area (Å²) >= 11 is 0. The number of imidazole rings is 1. The lowest BCUT2D eigenvalue weighted by Gasteiger charge is -2.26. The van der Waals surface area contributed by atoms with Crippen LogP contribution in [0.3, 0.4) is 0 Å². The summed E-state index contributed by atoms with van der Waals surface area (Å²) in [5.74, 6) is 4.85. The first-order chi connectivity index (χ1) is 18.3. The summed E-state index contributed by atoms with van der Waals surface area (Å²) in [5, 5.41) is 11.7. The molecule has 38 heavy (non-hydrogen) atoms. The number of aromatic amines is 1. The number of ether oxygens (including phenoxy) is 2. The molecule has 11 heteroatoms. The standard InChI is InChI=1S/C27H24F3N5O3/c28-27(29,30)24-18-32-26(34-24)21-6-7-23(38-12-2-9-35-10-13-37-14-11-35)22(16-21)33-25(36)8-5-19-3-1-4-20(15-19)17-31/h1,3-4,6-7,15-16,18H,2,9-14H2,(H,32,34)(H,33,36). The second kappa shape index (κ2) is 12.3. The summed E-state index contributed by atoms with van der Waals surface area (Å²) in [6.07, 6.45) is -3.12. The zero-order valence-corrected chi connectivity index (χ0v) is 20.3. The predicted molar refractivity (Wildman–Crippen MR) is 133 cm³/mol. The summed E-state index contributed by atoms with van der Waals surface area (Å²) in [5.41, 5.74) is 0.485. The smallest absolute Gasteiger partial charge is 0.432 e. The van der Waals surface area contributed by atoms with Gasteiger partial charge in [-0.05, 0) is 42.8 Å². The number of alkyl halides is 3. The molecule has 0 spiro atoms. The van der Waals surface area contributed by atoms with E-state index in [1.165, 1.54) is 6.07 Å². The fourth-order valence-corrected chi connectivity index (χ4v) is 3.76. The first-order valence-corrected chi connectivity index (χ1v) is 11.8. The van der Waals surface area contributed by atoms with Gasteiger partial charge in [0.1, 0.15) is 17.3 Å². The van der Waals surface area contributed by atoms with Gasteiger partial charge >= 0.3 is 12.1 Å². The van der Waals surface area contributed by atoms with E-state index in [2.05, 4.69) is 32.0 Å². The Balaban J connectivity index is 1.50. The van der Waals surface area contributed by atoms with Crippen molar-refractivity contribution in [2.75, 3.05) is 44.8 Å². The van der Waals surface area contributed by atoms with E-state index in [0.29, 0.717) is 48.5 Å². The third-order valence-electron chi connectivity index (χ3n) is 5.67. The normalized spacial score (nSPS) is 13.7. The Labute approximate surface area is 217 Å². The van der Waals surface area contributed by atoms with Gasteiger partial charge < -0.3 is 19.8 Å². The maximum absolute atomic E-state index is 13.0. The quantitative estimate of drug-likeness (QED) is 0.358. The highest BCUT2D eigenvalue weighted by atomic mass is 19.4. The van der Waals surface area contributed by atoms with Crippen molar-refractivity contribution < 1.29 is 27.4 Å². The molecule has 1 aliphatic rings. The highest BCUT2D eigenvalue weighted by Gasteiger charge is 2.33. The molecule has 1 aliphatic heterocycles. The Morgan fingerprint density at radius 3 is 2.71 bits per heavy atom. The molecule has 8 nitrogen and oxygen atoms in total. The first-order valence-electron chi connectivity index (χ1n) is 11.8. The van der Waals surface area contributed by atoms with E-state index >= 15 is 0 Å². The van der Waals surface area contributed by atoms with Crippen LogP contribution in [0.2, 0.25) is 0 Å². The molecule has 2 aromatic carbocycles. The van der Waals surface area contributed by atoms with Gasteiger partial charge in [0.15, 0.2) is 0 Å². The molecule has 1 amide bonds. The summed E-state index contributed by atoms with van der Waals surface area (Å²) in [7, 11) is 0. The largest absolute Gasteiger partial charge is 0.491 e.